The van der Waals surface area contributed by atoms with Gasteiger partial charge < -0.3 is 9.30 Å². The van der Waals surface area contributed by atoms with E-state index in [0.29, 0.717) is 6.10 Å². The highest BCUT2D eigenvalue weighted by Crippen LogP contribution is 2.22. The normalized spacial score (nSPS) is 20.3. The fraction of sp³-hybridized carbons (Fsp3) is 0.615. The monoisotopic (exact) mass is 221 g/mol. The van der Waals surface area contributed by atoms with E-state index in [1.807, 2.05) is 13.8 Å². The molecule has 0 bridgehead atoms. The van der Waals surface area contributed by atoms with Crippen molar-refractivity contribution in [1.29, 1.82) is 0 Å². The zero-order valence-electron chi connectivity index (χ0n) is 10.2. The van der Waals surface area contributed by atoms with Crippen LogP contribution in [0.25, 0.3) is 0 Å². The molecule has 0 aliphatic carbocycles. The van der Waals surface area contributed by atoms with Gasteiger partial charge in [0, 0.05) is 30.1 Å². The fourth-order valence-corrected chi connectivity index (χ4v) is 2.51. The van der Waals surface area contributed by atoms with Crippen molar-refractivity contribution < 1.29 is 9.53 Å². The second-order valence-electron chi connectivity index (χ2n) is 4.57. The summed E-state index contributed by atoms with van der Waals surface area (Å²) in [5, 5.41) is 0. The Bertz CT molecular complexity index is 401. The summed E-state index contributed by atoms with van der Waals surface area (Å²) >= 11 is 0. The van der Waals surface area contributed by atoms with Gasteiger partial charge in [0.25, 0.3) is 0 Å². The first-order chi connectivity index (χ1) is 7.65. The van der Waals surface area contributed by atoms with E-state index in [1.165, 1.54) is 5.69 Å². The Labute approximate surface area is 96.4 Å². The summed E-state index contributed by atoms with van der Waals surface area (Å²) in [6.45, 7) is 7.86. The number of carbonyl (C=O) groups is 1. The van der Waals surface area contributed by atoms with Crippen molar-refractivity contribution in [3.05, 3.63) is 22.5 Å². The van der Waals surface area contributed by atoms with E-state index in [2.05, 4.69) is 11.5 Å². The summed E-state index contributed by atoms with van der Waals surface area (Å²) in [5.74, 6) is 0. The molecule has 1 aliphatic rings. The molecule has 2 rings (SSSR count). The fourth-order valence-electron chi connectivity index (χ4n) is 2.51. The molecule has 1 aromatic rings. The van der Waals surface area contributed by atoms with E-state index in [9.17, 15) is 4.79 Å². The minimum absolute atomic E-state index is 0.323. The molecule has 0 radical (unpaired) electrons. The molecule has 0 saturated carbocycles. The Morgan fingerprint density at radius 1 is 1.38 bits per heavy atom. The van der Waals surface area contributed by atoms with Crippen LogP contribution in [0.4, 0.5) is 0 Å². The molecule has 0 spiro atoms. The smallest absolute Gasteiger partial charge is 0.152 e. The maximum atomic E-state index is 11.0. The van der Waals surface area contributed by atoms with Crippen molar-refractivity contribution in [3.63, 3.8) is 0 Å². The van der Waals surface area contributed by atoms with Gasteiger partial charge in [-0.1, -0.05) is 0 Å². The molecular formula is C13H19NO2. The second kappa shape index (κ2) is 4.42. The maximum Gasteiger partial charge on any atom is 0.152 e. The van der Waals surface area contributed by atoms with E-state index < -0.39 is 0 Å². The van der Waals surface area contributed by atoms with Crippen molar-refractivity contribution in [2.45, 2.75) is 46.3 Å². The highest BCUT2D eigenvalue weighted by atomic mass is 16.5. The lowest BCUT2D eigenvalue weighted by atomic mass is 10.1. The number of hydrogen-bond donors (Lipinski definition) is 0. The summed E-state index contributed by atoms with van der Waals surface area (Å²) in [5.41, 5.74) is 4.21. The molecule has 0 amide bonds. The van der Waals surface area contributed by atoms with Gasteiger partial charge in [-0.2, -0.15) is 0 Å². The van der Waals surface area contributed by atoms with Crippen LogP contribution in [0, 0.1) is 20.8 Å². The van der Waals surface area contributed by atoms with Crippen LogP contribution in [0.3, 0.4) is 0 Å². The number of aromatic nitrogens is 1. The average molecular weight is 221 g/mol. The molecular weight excluding hydrogens is 202 g/mol. The highest BCUT2D eigenvalue weighted by molar-refractivity contribution is 5.79. The van der Waals surface area contributed by atoms with E-state index in [4.69, 9.17) is 4.74 Å². The van der Waals surface area contributed by atoms with Crippen molar-refractivity contribution >= 4 is 6.29 Å². The van der Waals surface area contributed by atoms with Gasteiger partial charge in [0.1, 0.15) is 0 Å². The minimum Gasteiger partial charge on any atom is -0.376 e. The highest BCUT2D eigenvalue weighted by Gasteiger charge is 2.20. The van der Waals surface area contributed by atoms with Gasteiger partial charge in [-0.05, 0) is 39.2 Å². The Morgan fingerprint density at radius 3 is 2.62 bits per heavy atom. The average Bonchev–Trinajstić information content (AvgIpc) is 2.83. The summed E-state index contributed by atoms with van der Waals surface area (Å²) < 4.78 is 7.86. The lowest BCUT2D eigenvalue weighted by molar-refractivity contribution is 0.0960. The van der Waals surface area contributed by atoms with E-state index in [1.54, 1.807) is 0 Å². The number of nitrogens with zero attached hydrogens (tertiary/aromatic N) is 1. The predicted molar refractivity (Wildman–Crippen MR) is 63.0 cm³/mol. The molecule has 0 aromatic carbocycles. The van der Waals surface area contributed by atoms with E-state index in [0.717, 1.165) is 49.1 Å². The molecule has 1 atom stereocenters. The summed E-state index contributed by atoms with van der Waals surface area (Å²) in [4.78, 5) is 11.0. The first kappa shape index (κ1) is 11.4. The molecule has 1 unspecified atom stereocenters. The van der Waals surface area contributed by atoms with Crippen LogP contribution in [0.15, 0.2) is 0 Å². The third-order valence-electron chi connectivity index (χ3n) is 3.67. The van der Waals surface area contributed by atoms with Gasteiger partial charge in [0.05, 0.1) is 6.10 Å². The first-order valence-corrected chi connectivity index (χ1v) is 5.88. The Hall–Kier alpha value is -1.09. The van der Waals surface area contributed by atoms with Crippen LogP contribution >= 0.6 is 0 Å². The van der Waals surface area contributed by atoms with Crippen LogP contribution in [-0.2, 0) is 11.3 Å². The number of rotatable bonds is 3. The van der Waals surface area contributed by atoms with E-state index >= 15 is 0 Å². The number of hydrogen-bond acceptors (Lipinski definition) is 2. The minimum atomic E-state index is 0.323. The second-order valence-corrected chi connectivity index (χ2v) is 4.57. The Kier molecular flexibility index (Phi) is 3.15. The first-order valence-electron chi connectivity index (χ1n) is 5.88. The van der Waals surface area contributed by atoms with Gasteiger partial charge in [-0.15, -0.1) is 0 Å². The molecule has 0 N–H and O–H groups in total. The summed E-state index contributed by atoms with van der Waals surface area (Å²) in [6, 6.07) is 0. The van der Waals surface area contributed by atoms with Crippen LogP contribution in [0.1, 0.15) is 40.2 Å². The molecule has 2 heterocycles. The molecule has 1 aliphatic heterocycles. The van der Waals surface area contributed by atoms with Crippen LogP contribution in [-0.4, -0.2) is 23.6 Å². The Balaban J connectivity index is 2.29. The van der Waals surface area contributed by atoms with Gasteiger partial charge in [-0.25, -0.2) is 0 Å². The zero-order valence-corrected chi connectivity index (χ0v) is 10.2. The zero-order chi connectivity index (χ0) is 11.7. The van der Waals surface area contributed by atoms with Crippen molar-refractivity contribution in [2.75, 3.05) is 6.61 Å². The topological polar surface area (TPSA) is 31.2 Å². The largest absolute Gasteiger partial charge is 0.376 e. The van der Waals surface area contributed by atoms with Gasteiger partial charge >= 0.3 is 0 Å². The van der Waals surface area contributed by atoms with Gasteiger partial charge in [0.2, 0.25) is 0 Å². The molecule has 3 heteroatoms. The lowest BCUT2D eigenvalue weighted by Gasteiger charge is -2.14. The van der Waals surface area contributed by atoms with Crippen LogP contribution in [0.2, 0.25) is 0 Å². The lowest BCUT2D eigenvalue weighted by Crippen LogP contribution is -2.17. The van der Waals surface area contributed by atoms with E-state index in [-0.39, 0.29) is 0 Å². The van der Waals surface area contributed by atoms with Crippen LogP contribution < -0.4 is 0 Å². The molecule has 16 heavy (non-hydrogen) atoms. The molecule has 1 saturated heterocycles. The third-order valence-corrected chi connectivity index (χ3v) is 3.67. The molecule has 1 aromatic heterocycles. The summed E-state index contributed by atoms with van der Waals surface area (Å²) in [6.07, 6.45) is 3.57. The third kappa shape index (κ3) is 1.80. The maximum absolute atomic E-state index is 11.0. The molecule has 88 valence electrons. The SMILES string of the molecule is Cc1c(C=O)c(C)n(CC2CCCO2)c1C. The summed E-state index contributed by atoms with van der Waals surface area (Å²) in [7, 11) is 0. The van der Waals surface area contributed by atoms with Crippen molar-refractivity contribution in [1.82, 2.24) is 4.57 Å². The van der Waals surface area contributed by atoms with Crippen molar-refractivity contribution in [3.8, 4) is 0 Å². The molecule has 1 fully saturated rings. The Morgan fingerprint density at radius 2 is 2.12 bits per heavy atom. The van der Waals surface area contributed by atoms with Crippen LogP contribution in [0.5, 0.6) is 0 Å². The molecule has 3 nitrogen and oxygen atoms in total. The number of carbonyl (C=O) groups excluding carboxylic acids is 1. The van der Waals surface area contributed by atoms with Crippen molar-refractivity contribution in [2.24, 2.45) is 0 Å². The van der Waals surface area contributed by atoms with Gasteiger partial charge in [0.15, 0.2) is 6.29 Å². The van der Waals surface area contributed by atoms with Gasteiger partial charge in [-0.3, -0.25) is 4.79 Å². The standard InChI is InChI=1S/C13H19NO2/c1-9-10(2)14(11(3)13(9)8-15)7-12-5-4-6-16-12/h8,12H,4-7H2,1-3H3. The predicted octanol–water partition coefficient (Wildman–Crippen LogP) is 2.40. The quantitative estimate of drug-likeness (QED) is 0.734. The number of ether oxygens (including phenoxy) is 1. The number of aldehydes is 1.